The SMILES string of the molecule is Cc1nnc(CN2CC(c3cc4c(cc3F)OCC4)C(NC(=O)Nc3ccc(F)cc3)C2=O)o1. The van der Waals surface area contributed by atoms with Crippen molar-refractivity contribution in [3.8, 4) is 5.75 Å². The zero-order valence-electron chi connectivity index (χ0n) is 18.2. The fraction of sp³-hybridized carbons (Fsp3) is 0.304. The van der Waals surface area contributed by atoms with Crippen molar-refractivity contribution >= 4 is 17.6 Å². The van der Waals surface area contributed by atoms with Crippen molar-refractivity contribution in [1.29, 1.82) is 0 Å². The van der Waals surface area contributed by atoms with E-state index in [1.165, 1.54) is 35.2 Å². The van der Waals surface area contributed by atoms with E-state index in [4.69, 9.17) is 9.15 Å². The van der Waals surface area contributed by atoms with E-state index in [-0.39, 0.29) is 19.0 Å². The molecule has 3 heterocycles. The number of nitrogens with zero attached hydrogens (tertiary/aromatic N) is 3. The molecule has 2 aromatic carbocycles. The van der Waals surface area contributed by atoms with Crippen molar-refractivity contribution in [3.63, 3.8) is 0 Å². The van der Waals surface area contributed by atoms with E-state index in [9.17, 15) is 14.0 Å². The van der Waals surface area contributed by atoms with Crippen LogP contribution in [0.15, 0.2) is 40.8 Å². The summed E-state index contributed by atoms with van der Waals surface area (Å²) in [7, 11) is 0. The monoisotopic (exact) mass is 469 g/mol. The lowest BCUT2D eigenvalue weighted by molar-refractivity contribution is -0.130. The Hall–Kier alpha value is -4.02. The third-order valence-corrected chi connectivity index (χ3v) is 5.89. The smallest absolute Gasteiger partial charge is 0.319 e. The van der Waals surface area contributed by atoms with E-state index in [2.05, 4.69) is 20.8 Å². The predicted octanol–water partition coefficient (Wildman–Crippen LogP) is 2.91. The van der Waals surface area contributed by atoms with Gasteiger partial charge in [0.25, 0.3) is 0 Å². The fourth-order valence-electron chi connectivity index (χ4n) is 4.29. The number of hydrogen-bond acceptors (Lipinski definition) is 6. The minimum atomic E-state index is -1.04. The molecule has 1 saturated heterocycles. The van der Waals surface area contributed by atoms with Gasteiger partial charge in [0.05, 0.1) is 13.2 Å². The van der Waals surface area contributed by atoms with Crippen LogP contribution in [0.4, 0.5) is 19.3 Å². The van der Waals surface area contributed by atoms with Crippen LogP contribution in [0.3, 0.4) is 0 Å². The Bertz CT molecular complexity index is 1250. The molecule has 176 valence electrons. The lowest BCUT2D eigenvalue weighted by Gasteiger charge is -2.20. The predicted molar refractivity (Wildman–Crippen MR) is 115 cm³/mol. The highest BCUT2D eigenvalue weighted by molar-refractivity contribution is 5.95. The quantitative estimate of drug-likeness (QED) is 0.595. The zero-order chi connectivity index (χ0) is 23.8. The van der Waals surface area contributed by atoms with Crippen LogP contribution in [0.2, 0.25) is 0 Å². The number of aryl methyl sites for hydroxylation is 1. The van der Waals surface area contributed by atoms with Crippen molar-refractivity contribution in [3.05, 3.63) is 70.9 Å². The average molecular weight is 469 g/mol. The summed E-state index contributed by atoms with van der Waals surface area (Å²) in [6.07, 6.45) is 0.636. The highest BCUT2D eigenvalue weighted by Crippen LogP contribution is 2.36. The standard InChI is InChI=1S/C23H21F2N5O4/c1-12-28-29-20(34-12)11-30-10-17(16-8-13-6-7-33-19(13)9-18(16)25)21(22(30)31)27-23(32)26-15-4-2-14(24)3-5-15/h2-5,8-9,17,21H,6-7,10-11H2,1H3,(H2,26,27,32). The van der Waals surface area contributed by atoms with E-state index in [0.29, 0.717) is 35.9 Å². The van der Waals surface area contributed by atoms with Gasteiger partial charge in [0.15, 0.2) is 0 Å². The molecule has 5 rings (SSSR count). The first-order valence-electron chi connectivity index (χ1n) is 10.7. The number of anilines is 1. The normalized spacial score (nSPS) is 19.1. The van der Waals surface area contributed by atoms with Gasteiger partial charge in [0.1, 0.15) is 23.4 Å². The highest BCUT2D eigenvalue weighted by Gasteiger charge is 2.44. The third-order valence-electron chi connectivity index (χ3n) is 5.89. The first-order valence-corrected chi connectivity index (χ1v) is 10.7. The van der Waals surface area contributed by atoms with Crippen molar-refractivity contribution in [1.82, 2.24) is 20.4 Å². The number of aromatic nitrogens is 2. The summed E-state index contributed by atoms with van der Waals surface area (Å²) in [6.45, 7) is 2.27. The Balaban J connectivity index is 1.41. The van der Waals surface area contributed by atoms with Crippen molar-refractivity contribution in [2.24, 2.45) is 0 Å². The summed E-state index contributed by atoms with van der Waals surface area (Å²) in [5.41, 5.74) is 1.51. The van der Waals surface area contributed by atoms with Gasteiger partial charge >= 0.3 is 6.03 Å². The summed E-state index contributed by atoms with van der Waals surface area (Å²) in [4.78, 5) is 27.4. The van der Waals surface area contributed by atoms with Gasteiger partial charge in [-0.2, -0.15) is 0 Å². The summed E-state index contributed by atoms with van der Waals surface area (Å²) < 4.78 is 39.0. The van der Waals surface area contributed by atoms with Gasteiger partial charge in [0.2, 0.25) is 17.7 Å². The van der Waals surface area contributed by atoms with Crippen LogP contribution < -0.4 is 15.4 Å². The number of amides is 3. The van der Waals surface area contributed by atoms with Crippen molar-refractivity contribution in [2.45, 2.75) is 31.8 Å². The summed E-state index contributed by atoms with van der Waals surface area (Å²) in [5, 5.41) is 12.9. The number of rotatable bonds is 5. The number of nitrogens with one attached hydrogen (secondary N) is 2. The molecule has 2 unspecified atom stereocenters. The molecule has 0 radical (unpaired) electrons. The molecule has 2 atom stereocenters. The first-order chi connectivity index (χ1) is 16.4. The molecule has 1 fully saturated rings. The number of carbonyl (C=O) groups excluding carboxylic acids is 2. The Morgan fingerprint density at radius 3 is 2.74 bits per heavy atom. The van der Waals surface area contributed by atoms with E-state index in [1.807, 2.05) is 0 Å². The number of benzene rings is 2. The highest BCUT2D eigenvalue weighted by atomic mass is 19.1. The molecular weight excluding hydrogens is 448 g/mol. The number of fused-ring (bicyclic) bond motifs is 1. The van der Waals surface area contributed by atoms with Gasteiger partial charge in [-0.25, -0.2) is 13.6 Å². The van der Waals surface area contributed by atoms with Gasteiger partial charge in [-0.15, -0.1) is 10.2 Å². The molecule has 3 amide bonds. The van der Waals surface area contributed by atoms with Crippen LogP contribution in [0.1, 0.15) is 28.8 Å². The number of hydrogen-bond donors (Lipinski definition) is 2. The molecule has 2 N–H and O–H groups in total. The van der Waals surface area contributed by atoms with E-state index in [1.54, 1.807) is 13.0 Å². The third kappa shape index (κ3) is 4.28. The largest absolute Gasteiger partial charge is 0.493 e. The summed E-state index contributed by atoms with van der Waals surface area (Å²) in [6, 6.07) is 6.50. The minimum Gasteiger partial charge on any atom is -0.493 e. The second-order valence-corrected chi connectivity index (χ2v) is 8.20. The zero-order valence-corrected chi connectivity index (χ0v) is 18.2. The maximum Gasteiger partial charge on any atom is 0.319 e. The number of likely N-dealkylation sites (tertiary alicyclic amines) is 1. The van der Waals surface area contributed by atoms with Gasteiger partial charge in [-0.1, -0.05) is 0 Å². The second-order valence-electron chi connectivity index (χ2n) is 8.20. The van der Waals surface area contributed by atoms with Crippen LogP contribution in [-0.4, -0.2) is 46.2 Å². The van der Waals surface area contributed by atoms with Gasteiger partial charge < -0.3 is 24.7 Å². The topological polar surface area (TPSA) is 110 Å². The Morgan fingerprint density at radius 2 is 2.00 bits per heavy atom. The summed E-state index contributed by atoms with van der Waals surface area (Å²) >= 11 is 0. The van der Waals surface area contributed by atoms with E-state index < -0.39 is 35.5 Å². The molecule has 9 nitrogen and oxygen atoms in total. The van der Waals surface area contributed by atoms with E-state index in [0.717, 1.165) is 5.56 Å². The number of urea groups is 1. The molecule has 0 spiro atoms. The minimum absolute atomic E-state index is 0.0314. The van der Waals surface area contributed by atoms with Crippen LogP contribution in [0, 0.1) is 18.6 Å². The van der Waals surface area contributed by atoms with Crippen LogP contribution in [-0.2, 0) is 17.8 Å². The fourth-order valence-corrected chi connectivity index (χ4v) is 4.29. The molecule has 0 aliphatic carbocycles. The van der Waals surface area contributed by atoms with Crippen molar-refractivity contribution < 1.29 is 27.5 Å². The molecule has 0 bridgehead atoms. The van der Waals surface area contributed by atoms with Gasteiger partial charge in [-0.3, -0.25) is 4.79 Å². The molecule has 2 aliphatic rings. The first kappa shape index (κ1) is 21.8. The molecular formula is C23H21F2N5O4. The maximum atomic E-state index is 15.1. The molecule has 11 heteroatoms. The Kier molecular flexibility index (Phi) is 5.60. The molecule has 0 saturated carbocycles. The maximum absolute atomic E-state index is 15.1. The van der Waals surface area contributed by atoms with Gasteiger partial charge in [0, 0.05) is 37.6 Å². The van der Waals surface area contributed by atoms with Crippen molar-refractivity contribution in [2.75, 3.05) is 18.5 Å². The Morgan fingerprint density at radius 1 is 1.21 bits per heavy atom. The second kappa shape index (κ2) is 8.73. The average Bonchev–Trinajstić information content (AvgIpc) is 3.50. The van der Waals surface area contributed by atoms with Crippen LogP contribution in [0.25, 0.3) is 0 Å². The van der Waals surface area contributed by atoms with E-state index >= 15 is 4.39 Å². The lowest BCUT2D eigenvalue weighted by Crippen LogP contribution is -2.45. The lowest BCUT2D eigenvalue weighted by atomic mass is 9.91. The number of carbonyl (C=O) groups is 2. The molecule has 1 aromatic heterocycles. The number of halogens is 2. The Labute approximate surface area is 193 Å². The van der Waals surface area contributed by atoms with Crippen LogP contribution in [0.5, 0.6) is 5.75 Å². The van der Waals surface area contributed by atoms with Gasteiger partial charge in [-0.05, 0) is 41.5 Å². The number of ether oxygens (including phenoxy) is 1. The summed E-state index contributed by atoms with van der Waals surface area (Å²) in [5.74, 6) is -0.949. The molecule has 3 aromatic rings. The molecule has 2 aliphatic heterocycles. The van der Waals surface area contributed by atoms with Crippen LogP contribution >= 0.6 is 0 Å². The molecule has 34 heavy (non-hydrogen) atoms.